The van der Waals surface area contributed by atoms with E-state index < -0.39 is 17.4 Å². The Balaban J connectivity index is 4.88. The van der Waals surface area contributed by atoms with Gasteiger partial charge in [0.25, 0.3) is 0 Å². The van der Waals surface area contributed by atoms with Crippen LogP contribution < -0.4 is 5.32 Å². The van der Waals surface area contributed by atoms with Gasteiger partial charge in [-0.2, -0.15) is 0 Å². The van der Waals surface area contributed by atoms with E-state index in [1.165, 1.54) is 0 Å². The van der Waals surface area contributed by atoms with Crippen molar-refractivity contribution in [3.05, 3.63) is 0 Å². The largest absolute Gasteiger partial charge is 0.343 e. The SMILES string of the molecule is CC(C)N(C(=O)C(=O)NC(C)(C)CC(C)(C)C)C(C)C. The molecule has 0 aromatic heterocycles. The highest BCUT2D eigenvalue weighted by molar-refractivity contribution is 6.35. The Bertz CT molecular complexity index is 344. The number of rotatable bonds is 4. The van der Waals surface area contributed by atoms with Crippen LogP contribution in [0.3, 0.4) is 0 Å². The summed E-state index contributed by atoms with van der Waals surface area (Å²) in [4.78, 5) is 26.1. The van der Waals surface area contributed by atoms with Gasteiger partial charge in [-0.05, 0) is 53.4 Å². The molecule has 0 aromatic carbocycles. The van der Waals surface area contributed by atoms with Crippen molar-refractivity contribution in [3.8, 4) is 0 Å². The fraction of sp³-hybridized carbons (Fsp3) is 0.875. The first kappa shape index (κ1) is 18.9. The van der Waals surface area contributed by atoms with E-state index in [1.807, 2.05) is 41.5 Å². The Kier molecular flexibility index (Phi) is 6.25. The fourth-order valence-electron chi connectivity index (χ4n) is 2.91. The third kappa shape index (κ3) is 6.40. The summed E-state index contributed by atoms with van der Waals surface area (Å²) in [6.45, 7) is 18.0. The second kappa shape index (κ2) is 6.59. The molecule has 2 amide bonds. The van der Waals surface area contributed by atoms with Crippen LogP contribution in [0.4, 0.5) is 0 Å². The first-order valence-electron chi connectivity index (χ1n) is 7.41. The molecule has 20 heavy (non-hydrogen) atoms. The van der Waals surface area contributed by atoms with Gasteiger partial charge in [0.2, 0.25) is 0 Å². The Morgan fingerprint density at radius 1 is 0.950 bits per heavy atom. The summed E-state index contributed by atoms with van der Waals surface area (Å²) in [6.07, 6.45) is 0.808. The Labute approximate surface area is 124 Å². The van der Waals surface area contributed by atoms with E-state index in [1.54, 1.807) is 4.90 Å². The number of amides is 2. The lowest BCUT2D eigenvalue weighted by Gasteiger charge is -2.35. The van der Waals surface area contributed by atoms with Crippen LogP contribution in [0.15, 0.2) is 0 Å². The second-order valence-electron chi connectivity index (χ2n) is 7.98. The van der Waals surface area contributed by atoms with Crippen LogP contribution in [0.5, 0.6) is 0 Å². The third-order valence-corrected chi connectivity index (χ3v) is 2.97. The summed E-state index contributed by atoms with van der Waals surface area (Å²) in [5.41, 5.74) is -0.305. The van der Waals surface area contributed by atoms with E-state index in [-0.39, 0.29) is 17.5 Å². The molecular weight excluding hydrogens is 252 g/mol. The van der Waals surface area contributed by atoms with Crippen LogP contribution in [0.25, 0.3) is 0 Å². The van der Waals surface area contributed by atoms with Gasteiger partial charge in [-0.25, -0.2) is 0 Å². The zero-order chi connectivity index (χ0) is 16.3. The number of hydrogen-bond acceptors (Lipinski definition) is 2. The van der Waals surface area contributed by atoms with Crippen LogP contribution >= 0.6 is 0 Å². The molecule has 0 fully saturated rings. The summed E-state index contributed by atoms with van der Waals surface area (Å²) >= 11 is 0. The summed E-state index contributed by atoms with van der Waals surface area (Å²) in [7, 11) is 0. The summed E-state index contributed by atoms with van der Waals surface area (Å²) in [6, 6.07) is 0.0259. The van der Waals surface area contributed by atoms with Crippen molar-refractivity contribution in [1.82, 2.24) is 10.2 Å². The molecule has 118 valence electrons. The molecular formula is C16H32N2O2. The normalized spacial score (nSPS) is 12.8. The maximum Gasteiger partial charge on any atom is 0.312 e. The minimum atomic E-state index is -0.512. The van der Waals surface area contributed by atoms with Gasteiger partial charge in [0, 0.05) is 17.6 Å². The zero-order valence-electron chi connectivity index (χ0n) is 14.6. The molecule has 0 saturated heterocycles. The molecule has 0 rings (SSSR count). The van der Waals surface area contributed by atoms with Crippen molar-refractivity contribution in [3.63, 3.8) is 0 Å². The number of carbonyl (C=O) groups excluding carboxylic acids is 2. The summed E-state index contributed by atoms with van der Waals surface area (Å²) in [5.74, 6) is -0.960. The highest BCUT2D eigenvalue weighted by Crippen LogP contribution is 2.26. The molecule has 0 unspecified atom stereocenters. The van der Waals surface area contributed by atoms with Gasteiger partial charge in [-0.15, -0.1) is 0 Å². The van der Waals surface area contributed by atoms with Gasteiger partial charge in [0.05, 0.1) is 0 Å². The van der Waals surface area contributed by atoms with Gasteiger partial charge >= 0.3 is 11.8 Å². The zero-order valence-corrected chi connectivity index (χ0v) is 14.6. The van der Waals surface area contributed by atoms with Crippen LogP contribution in [0, 0.1) is 5.41 Å². The lowest BCUT2D eigenvalue weighted by Crippen LogP contribution is -2.54. The molecule has 0 aliphatic carbocycles. The Morgan fingerprint density at radius 3 is 1.65 bits per heavy atom. The molecule has 0 bridgehead atoms. The predicted molar refractivity (Wildman–Crippen MR) is 83.4 cm³/mol. The Morgan fingerprint density at radius 2 is 1.35 bits per heavy atom. The maximum absolute atomic E-state index is 12.3. The maximum atomic E-state index is 12.3. The van der Waals surface area contributed by atoms with Crippen molar-refractivity contribution < 1.29 is 9.59 Å². The molecule has 0 aliphatic heterocycles. The fourth-order valence-corrected chi connectivity index (χ4v) is 2.91. The van der Waals surface area contributed by atoms with Crippen molar-refractivity contribution in [2.45, 2.75) is 86.4 Å². The highest BCUT2D eigenvalue weighted by atomic mass is 16.2. The minimum Gasteiger partial charge on any atom is -0.343 e. The molecule has 0 aliphatic rings. The van der Waals surface area contributed by atoms with Crippen LogP contribution in [0.2, 0.25) is 0 Å². The van der Waals surface area contributed by atoms with Gasteiger partial charge in [-0.3, -0.25) is 9.59 Å². The van der Waals surface area contributed by atoms with Crippen molar-refractivity contribution in [2.24, 2.45) is 5.41 Å². The number of carbonyl (C=O) groups is 2. The third-order valence-electron chi connectivity index (χ3n) is 2.97. The lowest BCUT2D eigenvalue weighted by atomic mass is 9.82. The van der Waals surface area contributed by atoms with Crippen LogP contribution in [-0.4, -0.2) is 34.3 Å². The molecule has 4 heteroatoms. The standard InChI is InChI=1S/C16H32N2O2/c1-11(2)18(12(3)4)14(20)13(19)17-16(8,9)10-15(5,6)7/h11-12H,10H2,1-9H3,(H,17,19). The first-order valence-corrected chi connectivity index (χ1v) is 7.41. The predicted octanol–water partition coefficient (Wildman–Crippen LogP) is 2.96. The van der Waals surface area contributed by atoms with E-state index >= 15 is 0 Å². The lowest BCUT2D eigenvalue weighted by molar-refractivity contribution is -0.149. The first-order chi connectivity index (χ1) is 8.77. The number of hydrogen-bond donors (Lipinski definition) is 1. The van der Waals surface area contributed by atoms with Crippen molar-refractivity contribution in [1.29, 1.82) is 0 Å². The second-order valence-corrected chi connectivity index (χ2v) is 7.98. The molecule has 0 spiro atoms. The smallest absolute Gasteiger partial charge is 0.312 e. The van der Waals surface area contributed by atoms with Crippen molar-refractivity contribution >= 4 is 11.8 Å². The minimum absolute atomic E-state index is 0.0129. The van der Waals surface area contributed by atoms with Gasteiger partial charge in [-0.1, -0.05) is 20.8 Å². The molecule has 0 heterocycles. The van der Waals surface area contributed by atoms with E-state index in [9.17, 15) is 9.59 Å². The molecule has 0 radical (unpaired) electrons. The van der Waals surface area contributed by atoms with E-state index in [4.69, 9.17) is 0 Å². The van der Waals surface area contributed by atoms with Gasteiger partial charge in [0.15, 0.2) is 0 Å². The quantitative estimate of drug-likeness (QED) is 0.807. The van der Waals surface area contributed by atoms with Crippen molar-refractivity contribution in [2.75, 3.05) is 0 Å². The molecule has 1 N–H and O–H groups in total. The van der Waals surface area contributed by atoms with Gasteiger partial charge in [0.1, 0.15) is 0 Å². The van der Waals surface area contributed by atoms with E-state index in [0.29, 0.717) is 0 Å². The van der Waals surface area contributed by atoms with E-state index in [0.717, 1.165) is 6.42 Å². The monoisotopic (exact) mass is 284 g/mol. The Hall–Kier alpha value is -1.06. The average molecular weight is 284 g/mol. The molecule has 0 saturated carbocycles. The van der Waals surface area contributed by atoms with Gasteiger partial charge < -0.3 is 10.2 Å². The molecule has 4 nitrogen and oxygen atoms in total. The number of nitrogens with zero attached hydrogens (tertiary/aromatic N) is 1. The highest BCUT2D eigenvalue weighted by Gasteiger charge is 2.32. The number of nitrogens with one attached hydrogen (secondary N) is 1. The average Bonchev–Trinajstić information content (AvgIpc) is 2.10. The van der Waals surface area contributed by atoms with E-state index in [2.05, 4.69) is 26.1 Å². The molecule has 0 aromatic rings. The summed E-state index contributed by atoms with van der Waals surface area (Å²) < 4.78 is 0. The van der Waals surface area contributed by atoms with Crippen LogP contribution in [-0.2, 0) is 9.59 Å². The van der Waals surface area contributed by atoms with Crippen LogP contribution in [0.1, 0.15) is 68.7 Å². The molecule has 0 atom stereocenters. The summed E-state index contributed by atoms with van der Waals surface area (Å²) in [5, 5.41) is 2.87. The topological polar surface area (TPSA) is 49.4 Å².